The Morgan fingerprint density at radius 2 is 1.55 bits per heavy atom. The predicted molar refractivity (Wildman–Crippen MR) is 112 cm³/mol. The maximum Gasteiger partial charge on any atom is 0.221 e. The van der Waals surface area contributed by atoms with E-state index in [4.69, 9.17) is 4.74 Å². The predicted octanol–water partition coefficient (Wildman–Crippen LogP) is 5.51. The molecule has 0 fully saturated rings. The summed E-state index contributed by atoms with van der Waals surface area (Å²) in [4.78, 5) is 13.7. The zero-order valence-corrected chi connectivity index (χ0v) is 15.3. The van der Waals surface area contributed by atoms with E-state index in [0.717, 1.165) is 33.2 Å². The van der Waals surface area contributed by atoms with Crippen LogP contribution in [-0.4, -0.2) is 15.0 Å². The fourth-order valence-electron chi connectivity index (χ4n) is 3.23. The van der Waals surface area contributed by atoms with Crippen LogP contribution in [0.1, 0.15) is 5.56 Å². The molecule has 5 heteroatoms. The van der Waals surface area contributed by atoms with Crippen molar-refractivity contribution in [1.82, 2.24) is 15.0 Å². The molecular formula is C24H14N4O. The van der Waals surface area contributed by atoms with Gasteiger partial charge in [-0.1, -0.05) is 42.5 Å². The van der Waals surface area contributed by atoms with Crippen molar-refractivity contribution in [2.75, 3.05) is 0 Å². The van der Waals surface area contributed by atoms with Crippen molar-refractivity contribution < 1.29 is 4.74 Å². The van der Waals surface area contributed by atoms with Crippen LogP contribution in [0.4, 0.5) is 0 Å². The largest absolute Gasteiger partial charge is 0.439 e. The van der Waals surface area contributed by atoms with Gasteiger partial charge in [0.15, 0.2) is 0 Å². The number of fused-ring (bicyclic) bond motifs is 2. The molecule has 5 rings (SSSR count). The number of aromatic nitrogens is 3. The second-order valence-electron chi connectivity index (χ2n) is 6.51. The molecule has 5 nitrogen and oxygen atoms in total. The lowest BCUT2D eigenvalue weighted by Crippen LogP contribution is -1.93. The Bertz CT molecular complexity index is 1410. The van der Waals surface area contributed by atoms with Crippen LogP contribution in [0.15, 0.2) is 85.1 Å². The molecule has 136 valence electrons. The standard InChI is InChI=1S/C24H14N4O/c25-14-17-13-24(28-20-9-2-1-8-19(17)20)29-18-7-5-6-16(12-18)23-15-26-21-10-3-4-11-22(21)27-23/h1-13,15H. The summed E-state index contributed by atoms with van der Waals surface area (Å²) in [7, 11) is 0. The second-order valence-corrected chi connectivity index (χ2v) is 6.51. The molecule has 0 radical (unpaired) electrons. The first-order valence-electron chi connectivity index (χ1n) is 9.10. The van der Waals surface area contributed by atoms with E-state index in [1.807, 2.05) is 72.8 Å². The molecule has 0 N–H and O–H groups in total. The lowest BCUT2D eigenvalue weighted by molar-refractivity contribution is 0.465. The van der Waals surface area contributed by atoms with Crippen LogP contribution in [0.2, 0.25) is 0 Å². The number of nitriles is 1. The number of hydrogen-bond acceptors (Lipinski definition) is 5. The summed E-state index contributed by atoms with van der Waals surface area (Å²) in [6, 6.07) is 26.7. The van der Waals surface area contributed by atoms with Gasteiger partial charge in [0.25, 0.3) is 0 Å². The molecule has 0 atom stereocenters. The average Bonchev–Trinajstić information content (AvgIpc) is 2.78. The molecule has 0 saturated carbocycles. The minimum atomic E-state index is 0.377. The maximum atomic E-state index is 9.46. The third-order valence-corrected chi connectivity index (χ3v) is 4.61. The molecule has 0 unspecified atom stereocenters. The normalized spacial score (nSPS) is 10.7. The van der Waals surface area contributed by atoms with E-state index in [1.165, 1.54) is 0 Å². The summed E-state index contributed by atoms with van der Waals surface area (Å²) >= 11 is 0. The van der Waals surface area contributed by atoms with Gasteiger partial charge in [0, 0.05) is 17.0 Å². The quantitative estimate of drug-likeness (QED) is 0.416. The molecule has 2 aromatic heterocycles. The van der Waals surface area contributed by atoms with Crippen LogP contribution in [0.5, 0.6) is 11.6 Å². The van der Waals surface area contributed by atoms with E-state index in [-0.39, 0.29) is 0 Å². The van der Waals surface area contributed by atoms with Crippen LogP contribution in [0.25, 0.3) is 33.2 Å². The molecule has 0 aliphatic rings. The van der Waals surface area contributed by atoms with Crippen molar-refractivity contribution in [2.45, 2.75) is 0 Å². The first-order chi connectivity index (χ1) is 14.3. The highest BCUT2D eigenvalue weighted by molar-refractivity contribution is 5.85. The Balaban J connectivity index is 1.51. The first kappa shape index (κ1) is 16.8. The minimum absolute atomic E-state index is 0.377. The summed E-state index contributed by atoms with van der Waals surface area (Å²) in [6.07, 6.45) is 1.75. The third kappa shape index (κ3) is 3.24. The Labute approximate surface area is 166 Å². The lowest BCUT2D eigenvalue weighted by Gasteiger charge is -2.09. The van der Waals surface area contributed by atoms with Crippen molar-refractivity contribution in [2.24, 2.45) is 0 Å². The van der Waals surface area contributed by atoms with Gasteiger partial charge in [-0.2, -0.15) is 5.26 Å². The van der Waals surface area contributed by atoms with E-state index in [9.17, 15) is 5.26 Å². The highest BCUT2D eigenvalue weighted by atomic mass is 16.5. The van der Waals surface area contributed by atoms with Crippen molar-refractivity contribution in [3.05, 3.63) is 90.6 Å². The highest BCUT2D eigenvalue weighted by Gasteiger charge is 2.09. The Kier molecular flexibility index (Phi) is 4.08. The number of para-hydroxylation sites is 3. The van der Waals surface area contributed by atoms with Crippen LogP contribution in [-0.2, 0) is 0 Å². The molecule has 0 bridgehead atoms. The smallest absolute Gasteiger partial charge is 0.221 e. The van der Waals surface area contributed by atoms with Gasteiger partial charge < -0.3 is 4.74 Å². The SMILES string of the molecule is N#Cc1cc(Oc2cccc(-c3cnc4ccccc4n3)c2)nc2ccccc12. The second kappa shape index (κ2) is 7.02. The summed E-state index contributed by atoms with van der Waals surface area (Å²) in [5.41, 5.74) is 4.60. The van der Waals surface area contributed by atoms with Crippen molar-refractivity contribution in [1.29, 1.82) is 5.26 Å². The fraction of sp³-hybridized carbons (Fsp3) is 0. The molecule has 29 heavy (non-hydrogen) atoms. The van der Waals surface area contributed by atoms with Gasteiger partial charge in [0.1, 0.15) is 11.8 Å². The monoisotopic (exact) mass is 374 g/mol. The zero-order valence-electron chi connectivity index (χ0n) is 15.3. The maximum absolute atomic E-state index is 9.46. The van der Waals surface area contributed by atoms with Crippen LogP contribution in [0, 0.1) is 11.3 Å². The summed E-state index contributed by atoms with van der Waals surface area (Å²) < 4.78 is 5.97. The Hall–Kier alpha value is -4.30. The van der Waals surface area contributed by atoms with E-state index >= 15 is 0 Å². The van der Waals surface area contributed by atoms with Crippen LogP contribution >= 0.6 is 0 Å². The summed E-state index contributed by atoms with van der Waals surface area (Å²) in [6.45, 7) is 0. The number of hydrogen-bond donors (Lipinski definition) is 0. The molecule has 0 amide bonds. The zero-order chi connectivity index (χ0) is 19.6. The van der Waals surface area contributed by atoms with Gasteiger partial charge in [-0.3, -0.25) is 4.98 Å². The summed E-state index contributed by atoms with van der Waals surface area (Å²) in [5, 5.41) is 10.3. The topological polar surface area (TPSA) is 71.7 Å². The van der Waals surface area contributed by atoms with Crippen molar-refractivity contribution in [3.8, 4) is 29.0 Å². The van der Waals surface area contributed by atoms with Gasteiger partial charge >= 0.3 is 0 Å². The third-order valence-electron chi connectivity index (χ3n) is 4.61. The molecule has 0 aliphatic heterocycles. The summed E-state index contributed by atoms with van der Waals surface area (Å²) in [5.74, 6) is 0.992. The number of benzene rings is 3. The number of pyridine rings is 1. The average molecular weight is 374 g/mol. The van der Waals surface area contributed by atoms with Crippen LogP contribution in [0.3, 0.4) is 0 Å². The number of nitrogens with zero attached hydrogens (tertiary/aromatic N) is 4. The highest BCUT2D eigenvalue weighted by Crippen LogP contribution is 2.28. The molecule has 5 aromatic rings. The van der Waals surface area contributed by atoms with E-state index < -0.39 is 0 Å². The van der Waals surface area contributed by atoms with Gasteiger partial charge in [-0.25, -0.2) is 9.97 Å². The van der Waals surface area contributed by atoms with Crippen LogP contribution < -0.4 is 4.74 Å². The van der Waals surface area contributed by atoms with Crippen molar-refractivity contribution in [3.63, 3.8) is 0 Å². The molecule has 0 aliphatic carbocycles. The molecular weight excluding hydrogens is 360 g/mol. The van der Waals surface area contributed by atoms with Gasteiger partial charge in [-0.05, 0) is 30.3 Å². The Morgan fingerprint density at radius 3 is 2.41 bits per heavy atom. The van der Waals surface area contributed by atoms with Gasteiger partial charge in [0.2, 0.25) is 5.88 Å². The van der Waals surface area contributed by atoms with Crippen molar-refractivity contribution >= 4 is 21.9 Å². The Morgan fingerprint density at radius 1 is 0.759 bits per heavy atom. The molecule has 2 heterocycles. The minimum Gasteiger partial charge on any atom is -0.439 e. The van der Waals surface area contributed by atoms with Gasteiger partial charge in [-0.15, -0.1) is 0 Å². The first-order valence-corrected chi connectivity index (χ1v) is 9.10. The van der Waals surface area contributed by atoms with Gasteiger partial charge in [0.05, 0.1) is 34.0 Å². The number of ether oxygens (including phenoxy) is 1. The fourth-order valence-corrected chi connectivity index (χ4v) is 3.23. The molecule has 3 aromatic carbocycles. The molecule has 0 spiro atoms. The van der Waals surface area contributed by atoms with E-state index in [1.54, 1.807) is 12.3 Å². The van der Waals surface area contributed by atoms with E-state index in [0.29, 0.717) is 17.2 Å². The number of rotatable bonds is 3. The molecule has 0 saturated heterocycles. The lowest BCUT2D eigenvalue weighted by atomic mass is 10.1. The van der Waals surface area contributed by atoms with E-state index in [2.05, 4.69) is 21.0 Å².